The molecule has 1 aliphatic rings. The van der Waals surface area contributed by atoms with E-state index >= 15 is 0 Å². The standard InChI is InChI=1S/C19H19.C2H6Si.2ClH.Zr/c1-3-5-15-12-17-6-4-7-18(19(17)13-15)16-10-8-14(2)9-11-16;1-3-2;;;/h4,6-13H,3,5H2,1-2H3;1-2H3;2*1H;/q;;;;+2/p-2. The predicted octanol–water partition coefficient (Wildman–Crippen LogP) is 0.242. The molecule has 0 aromatic heterocycles. The maximum Gasteiger partial charge on any atom is -1.00 e. The maximum absolute atomic E-state index is 2.55. The van der Waals surface area contributed by atoms with Crippen LogP contribution < -0.4 is 24.8 Å². The molecule has 0 amide bonds. The van der Waals surface area contributed by atoms with Gasteiger partial charge in [0.2, 0.25) is 0 Å². The third-order valence-corrected chi connectivity index (χ3v) is 13.4. The first-order valence-electron chi connectivity index (χ1n) is 8.57. The molecular weight excluding hydrogens is 442 g/mol. The molecule has 0 heterocycles. The molecule has 2 aromatic rings. The molecule has 3 rings (SSSR count). The Hall–Kier alpha value is -0.140. The van der Waals surface area contributed by atoms with Crippen molar-refractivity contribution in [3.8, 4) is 11.1 Å². The molecule has 0 aliphatic heterocycles. The number of halogens is 2. The maximum atomic E-state index is 2.55. The largest absolute Gasteiger partial charge is 1.00 e. The molecule has 131 valence electrons. The van der Waals surface area contributed by atoms with Crippen LogP contribution in [-0.2, 0) is 22.4 Å². The second-order valence-electron chi connectivity index (χ2n) is 6.72. The van der Waals surface area contributed by atoms with Crippen molar-refractivity contribution < 1.29 is 47.2 Å². The zero-order chi connectivity index (χ0) is 16.4. The summed E-state index contributed by atoms with van der Waals surface area (Å²) in [5.41, 5.74) is 9.03. The molecule has 1 radical (unpaired) electrons. The molecule has 0 saturated heterocycles. The predicted molar refractivity (Wildman–Crippen MR) is 99.7 cm³/mol. The van der Waals surface area contributed by atoms with Crippen LogP contribution in [0, 0.1) is 6.92 Å². The van der Waals surface area contributed by atoms with Crippen LogP contribution in [0.2, 0.25) is 13.1 Å². The zero-order valence-corrected chi connectivity index (χ0v) is 20.3. The molecule has 0 nitrogen and oxygen atoms in total. The molecule has 1 unspecified atom stereocenters. The number of hydrogen-bond acceptors (Lipinski definition) is 0. The summed E-state index contributed by atoms with van der Waals surface area (Å²) in [4.78, 5) is 0. The molecule has 2 aromatic carbocycles. The third-order valence-electron chi connectivity index (χ3n) is 4.49. The summed E-state index contributed by atoms with van der Waals surface area (Å²) in [5, 5.41) is 0. The third kappa shape index (κ3) is 5.19. The second-order valence-corrected chi connectivity index (χ2v) is 19.9. The van der Waals surface area contributed by atoms with E-state index in [1.165, 1.54) is 35.1 Å². The summed E-state index contributed by atoms with van der Waals surface area (Å²) in [6, 6.07) is 16.0. The van der Waals surface area contributed by atoms with E-state index in [9.17, 15) is 0 Å². The molecule has 1 aliphatic carbocycles. The summed E-state index contributed by atoms with van der Waals surface area (Å²) in [5.74, 6) is -0.0627. The molecule has 0 bridgehead atoms. The molecule has 25 heavy (non-hydrogen) atoms. The van der Waals surface area contributed by atoms with Gasteiger partial charge in [-0.05, 0) is 0 Å². The van der Waals surface area contributed by atoms with Crippen molar-refractivity contribution in [3.63, 3.8) is 0 Å². The summed E-state index contributed by atoms with van der Waals surface area (Å²) < 4.78 is 0.836. The molecule has 4 heteroatoms. The van der Waals surface area contributed by atoms with Crippen molar-refractivity contribution in [2.24, 2.45) is 0 Å². The molecule has 0 spiro atoms. The van der Waals surface area contributed by atoms with E-state index in [2.05, 4.69) is 75.5 Å². The average molecular weight is 468 g/mol. The van der Waals surface area contributed by atoms with Crippen molar-refractivity contribution >= 4 is 12.0 Å². The number of aryl methyl sites for hydroxylation is 1. The van der Waals surface area contributed by atoms with Crippen LogP contribution in [0.25, 0.3) is 17.2 Å². The number of benzene rings is 2. The fourth-order valence-electron chi connectivity index (χ4n) is 3.41. The fraction of sp³-hybridized carbons (Fsp3) is 0.333. The topological polar surface area (TPSA) is 0 Å². The first kappa shape index (κ1) is 22.9. The summed E-state index contributed by atoms with van der Waals surface area (Å²) >= 11 is -0.333. The Bertz CT molecular complexity index is 723. The summed E-state index contributed by atoms with van der Waals surface area (Å²) in [7, 11) is 0. The SMILES string of the molecule is CCCC1=Cc2c(-c3ccc(C)cc3)cccc2[CH]1[Zr+2][Si](C)C.[Cl-].[Cl-]. The monoisotopic (exact) mass is 465 g/mol. The van der Waals surface area contributed by atoms with Crippen LogP contribution in [-0.4, -0.2) is 5.92 Å². The summed E-state index contributed by atoms with van der Waals surface area (Å²) in [6.45, 7) is 9.51. The van der Waals surface area contributed by atoms with Gasteiger partial charge >= 0.3 is 154 Å². The van der Waals surface area contributed by atoms with E-state index in [0.29, 0.717) is 0 Å². The summed E-state index contributed by atoms with van der Waals surface area (Å²) in [6.07, 6.45) is 5.10. The van der Waals surface area contributed by atoms with Crippen molar-refractivity contribution in [1.82, 2.24) is 0 Å². The molecule has 0 fully saturated rings. The van der Waals surface area contributed by atoms with Crippen LogP contribution in [0.15, 0.2) is 48.0 Å². The van der Waals surface area contributed by atoms with Gasteiger partial charge in [0.25, 0.3) is 0 Å². The number of allylic oxidation sites excluding steroid dienone is 1. The quantitative estimate of drug-likeness (QED) is 0.553. The zero-order valence-electron chi connectivity index (χ0n) is 15.4. The normalized spacial score (nSPS) is 14.9. The van der Waals surface area contributed by atoms with Gasteiger partial charge in [0.1, 0.15) is 0 Å². The fourth-order valence-corrected chi connectivity index (χ4v) is 12.3. The van der Waals surface area contributed by atoms with E-state index in [1.54, 1.807) is 11.1 Å². The van der Waals surface area contributed by atoms with E-state index < -0.39 is 0 Å². The first-order chi connectivity index (χ1) is 11.1. The molecular formula is C21H25Cl2SiZr. The average Bonchev–Trinajstić information content (AvgIpc) is 2.86. The van der Waals surface area contributed by atoms with E-state index in [0.717, 1.165) is 3.63 Å². The van der Waals surface area contributed by atoms with E-state index in [4.69, 9.17) is 0 Å². The smallest absolute Gasteiger partial charge is 1.00 e. The Balaban J connectivity index is 0.00000156. The van der Waals surface area contributed by atoms with Crippen molar-refractivity contribution in [3.05, 3.63) is 64.7 Å². The minimum atomic E-state index is -0.333. The number of fused-ring (bicyclic) bond motifs is 1. The Morgan fingerprint density at radius 2 is 1.68 bits per heavy atom. The van der Waals surface area contributed by atoms with Gasteiger partial charge in [-0.1, -0.05) is 0 Å². The van der Waals surface area contributed by atoms with Gasteiger partial charge in [0.15, 0.2) is 0 Å². The second kappa shape index (κ2) is 10.3. The van der Waals surface area contributed by atoms with Gasteiger partial charge in [0, 0.05) is 0 Å². The van der Waals surface area contributed by atoms with Gasteiger partial charge in [0.05, 0.1) is 0 Å². The van der Waals surface area contributed by atoms with E-state index in [-0.39, 0.29) is 53.1 Å². The van der Waals surface area contributed by atoms with Crippen LogP contribution in [0.1, 0.15) is 40.1 Å². The van der Waals surface area contributed by atoms with Crippen molar-refractivity contribution in [1.29, 1.82) is 0 Å². The number of hydrogen-bond donors (Lipinski definition) is 0. The first-order valence-corrected chi connectivity index (χ1v) is 16.2. The Kier molecular flexibility index (Phi) is 9.40. The minimum absolute atomic E-state index is 0. The molecule has 0 N–H and O–H groups in total. The van der Waals surface area contributed by atoms with Gasteiger partial charge in [-0.25, -0.2) is 0 Å². The van der Waals surface area contributed by atoms with Crippen molar-refractivity contribution in [2.75, 3.05) is 0 Å². The Morgan fingerprint density at radius 1 is 1.00 bits per heavy atom. The van der Waals surface area contributed by atoms with Gasteiger partial charge < -0.3 is 24.8 Å². The molecule has 1 atom stereocenters. The number of rotatable bonds is 5. The minimum Gasteiger partial charge on any atom is -1.00 e. The van der Waals surface area contributed by atoms with Gasteiger partial charge in [-0.3, -0.25) is 0 Å². The molecule has 0 saturated carbocycles. The Morgan fingerprint density at radius 3 is 2.28 bits per heavy atom. The van der Waals surface area contributed by atoms with Crippen LogP contribution in [0.3, 0.4) is 0 Å². The van der Waals surface area contributed by atoms with Gasteiger partial charge in [-0.15, -0.1) is 0 Å². The van der Waals surface area contributed by atoms with Gasteiger partial charge in [-0.2, -0.15) is 0 Å². The van der Waals surface area contributed by atoms with E-state index in [1.807, 2.05) is 0 Å². The Labute approximate surface area is 177 Å². The van der Waals surface area contributed by atoms with Crippen LogP contribution >= 0.6 is 0 Å². The van der Waals surface area contributed by atoms with Crippen LogP contribution in [0.4, 0.5) is 0 Å². The van der Waals surface area contributed by atoms with Crippen LogP contribution in [0.5, 0.6) is 0 Å². The van der Waals surface area contributed by atoms with Crippen molar-refractivity contribution in [2.45, 2.75) is 43.4 Å².